The van der Waals surface area contributed by atoms with Crippen molar-refractivity contribution in [1.82, 2.24) is 4.90 Å². The highest BCUT2D eigenvalue weighted by atomic mass is 28.4. The van der Waals surface area contributed by atoms with Gasteiger partial charge in [0.05, 0.1) is 24.9 Å². The quantitative estimate of drug-likeness (QED) is 0.374. The van der Waals surface area contributed by atoms with Gasteiger partial charge >= 0.3 is 17.9 Å². The van der Waals surface area contributed by atoms with E-state index in [0.29, 0.717) is 19.3 Å². The van der Waals surface area contributed by atoms with Crippen LogP contribution in [0.4, 0.5) is 0 Å². The van der Waals surface area contributed by atoms with Gasteiger partial charge in [0.25, 0.3) is 0 Å². The molecule has 0 amide bonds. The highest BCUT2D eigenvalue weighted by Crippen LogP contribution is 2.25. The smallest absolute Gasteiger partial charge is 0.379 e. The molecule has 27 heavy (non-hydrogen) atoms. The molecule has 3 aliphatic rings. The molecule has 3 rings (SSSR count). The fourth-order valence-corrected chi connectivity index (χ4v) is 7.35. The maximum absolute atomic E-state index is 6.19. The molecule has 0 N–H and O–H groups in total. The molecule has 0 aromatic heterocycles. The van der Waals surface area contributed by atoms with Crippen LogP contribution < -0.4 is 0 Å². The van der Waals surface area contributed by atoms with Crippen molar-refractivity contribution in [3.63, 3.8) is 0 Å². The molecule has 0 spiro atoms. The number of nitrogens with zero attached hydrogens (tertiary/aromatic N) is 1. The van der Waals surface area contributed by atoms with E-state index in [9.17, 15) is 0 Å². The van der Waals surface area contributed by atoms with E-state index in [1.807, 2.05) is 13.8 Å². The maximum atomic E-state index is 6.19. The van der Waals surface area contributed by atoms with E-state index < -0.39 is 17.9 Å². The van der Waals surface area contributed by atoms with Crippen LogP contribution in [-0.4, -0.2) is 102 Å². The van der Waals surface area contributed by atoms with Crippen LogP contribution in [0.1, 0.15) is 20.3 Å². The third kappa shape index (κ3) is 6.54. The van der Waals surface area contributed by atoms with Gasteiger partial charge in [0, 0.05) is 60.7 Å². The molecule has 0 saturated carbocycles. The third-order valence-corrected chi connectivity index (χ3v) is 10.1. The summed E-state index contributed by atoms with van der Waals surface area (Å²) in [6.45, 7) is 7.49. The molecule has 3 heterocycles. The highest BCUT2D eigenvalue weighted by Gasteiger charge is 2.52. The third-order valence-electron chi connectivity index (χ3n) is 4.75. The minimum atomic E-state index is -3.17. The van der Waals surface area contributed by atoms with Gasteiger partial charge in [0.1, 0.15) is 0 Å². The maximum Gasteiger partial charge on any atom is 0.680 e. The van der Waals surface area contributed by atoms with Crippen LogP contribution in [0.2, 0.25) is 6.04 Å². The van der Waals surface area contributed by atoms with Gasteiger partial charge < -0.3 is 35.7 Å². The molecule has 160 valence electrons. The van der Waals surface area contributed by atoms with Crippen LogP contribution >= 0.6 is 0 Å². The lowest BCUT2D eigenvalue weighted by Gasteiger charge is -2.44. The molecule has 11 heteroatoms. The summed E-state index contributed by atoms with van der Waals surface area (Å²) in [4.78, 5) is 2.30. The lowest BCUT2D eigenvalue weighted by atomic mass is 10.2. The van der Waals surface area contributed by atoms with Gasteiger partial charge in [0.2, 0.25) is 0 Å². The van der Waals surface area contributed by atoms with E-state index in [1.54, 1.807) is 28.4 Å². The second kappa shape index (κ2) is 10.7. The normalized spacial score (nSPS) is 34.9. The van der Waals surface area contributed by atoms with Crippen LogP contribution in [0.15, 0.2) is 0 Å². The summed E-state index contributed by atoms with van der Waals surface area (Å²) in [5, 5.41) is 0. The van der Waals surface area contributed by atoms with Crippen molar-refractivity contribution < 1.29 is 35.7 Å². The Hall–Kier alpha value is 0.0738. The van der Waals surface area contributed by atoms with Crippen molar-refractivity contribution in [3.05, 3.63) is 0 Å². The molecule has 9 nitrogen and oxygen atoms in total. The second-order valence-corrected chi connectivity index (χ2v) is 12.2. The SMILES string of the molecule is CO[Si](CCCOCC1CN2CC(C)O[Si](OC)(OC(C)C2)O1)(OC)OC. The van der Waals surface area contributed by atoms with E-state index in [4.69, 9.17) is 35.7 Å². The van der Waals surface area contributed by atoms with Gasteiger partial charge in [-0.25, -0.2) is 0 Å². The molecule has 0 aromatic carbocycles. The minimum Gasteiger partial charge on any atom is -0.379 e. The van der Waals surface area contributed by atoms with Crippen LogP contribution in [-0.2, 0) is 35.7 Å². The van der Waals surface area contributed by atoms with Crippen molar-refractivity contribution in [3.8, 4) is 0 Å². The zero-order valence-corrected chi connectivity index (χ0v) is 19.4. The molecular formula is C16H35NO8Si2. The van der Waals surface area contributed by atoms with E-state index in [-0.39, 0.29) is 18.3 Å². The van der Waals surface area contributed by atoms with Crippen molar-refractivity contribution in [1.29, 1.82) is 0 Å². The van der Waals surface area contributed by atoms with Crippen molar-refractivity contribution in [2.45, 2.75) is 44.6 Å². The highest BCUT2D eigenvalue weighted by molar-refractivity contribution is 6.60. The summed E-state index contributed by atoms with van der Waals surface area (Å²) in [6.07, 6.45) is 0.625. The van der Waals surface area contributed by atoms with Gasteiger partial charge in [0.15, 0.2) is 0 Å². The first kappa shape index (κ1) is 23.4. The number of ether oxygens (including phenoxy) is 1. The van der Waals surface area contributed by atoms with Gasteiger partial charge in [-0.2, -0.15) is 0 Å². The topological polar surface area (TPSA) is 77.1 Å². The summed E-state index contributed by atoms with van der Waals surface area (Å²) in [5.74, 6) is 0. The van der Waals surface area contributed by atoms with Crippen molar-refractivity contribution in [2.75, 3.05) is 61.3 Å². The van der Waals surface area contributed by atoms with Crippen LogP contribution in [0, 0.1) is 0 Å². The number of fused-ring (bicyclic) bond motifs is 6. The average molecular weight is 426 g/mol. The Bertz CT molecular complexity index is 420. The summed E-state index contributed by atoms with van der Waals surface area (Å²) >= 11 is 0. The zero-order valence-electron chi connectivity index (χ0n) is 17.4. The van der Waals surface area contributed by atoms with Crippen molar-refractivity contribution in [2.24, 2.45) is 0 Å². The number of hydrogen-bond acceptors (Lipinski definition) is 9. The molecule has 3 aliphatic heterocycles. The monoisotopic (exact) mass is 425 g/mol. The Kier molecular flexibility index (Phi) is 9.29. The molecule has 3 saturated heterocycles. The first-order valence-corrected chi connectivity index (χ1v) is 13.0. The van der Waals surface area contributed by atoms with E-state index in [1.165, 1.54) is 0 Å². The van der Waals surface area contributed by atoms with Crippen LogP contribution in [0.3, 0.4) is 0 Å². The number of hydrogen-bond donors (Lipinski definition) is 0. The molecule has 2 bridgehead atoms. The molecule has 3 atom stereocenters. The molecule has 0 aliphatic carbocycles. The van der Waals surface area contributed by atoms with Gasteiger partial charge in [-0.15, -0.1) is 0 Å². The predicted molar refractivity (Wildman–Crippen MR) is 102 cm³/mol. The second-order valence-electron chi connectivity index (χ2n) is 6.99. The predicted octanol–water partition coefficient (Wildman–Crippen LogP) is 0.878. The Morgan fingerprint density at radius 2 is 1.52 bits per heavy atom. The fraction of sp³-hybridized carbons (Fsp3) is 1.00. The largest absolute Gasteiger partial charge is 0.680 e. The van der Waals surface area contributed by atoms with Crippen LogP contribution in [0.5, 0.6) is 0 Å². The number of rotatable bonds is 10. The van der Waals surface area contributed by atoms with Gasteiger partial charge in [-0.1, -0.05) is 0 Å². The van der Waals surface area contributed by atoms with Gasteiger partial charge in [-0.05, 0) is 20.3 Å². The summed E-state index contributed by atoms with van der Waals surface area (Å²) < 4.78 is 46.0. The average Bonchev–Trinajstić information content (AvgIpc) is 2.62. The van der Waals surface area contributed by atoms with E-state index in [2.05, 4.69) is 4.90 Å². The fourth-order valence-electron chi connectivity index (χ4n) is 3.52. The molecule has 3 fully saturated rings. The first-order valence-electron chi connectivity index (χ1n) is 9.44. The molecule has 0 aromatic rings. The minimum absolute atomic E-state index is 0.00111. The standard InChI is InChI=1S/C16H35NO8Si2/c1-14-10-17-11-15(2)24-27(21-6,23-14)25-16(12-17)13-22-8-7-9-26(18-3,19-4)20-5/h14-16H,7-13H2,1-6H3. The Morgan fingerprint density at radius 1 is 0.926 bits per heavy atom. The Balaban J connectivity index is 1.86. The molecular weight excluding hydrogens is 390 g/mol. The molecule has 3 unspecified atom stereocenters. The lowest BCUT2D eigenvalue weighted by molar-refractivity contribution is -0.138. The first-order chi connectivity index (χ1) is 12.9. The van der Waals surface area contributed by atoms with E-state index >= 15 is 0 Å². The Morgan fingerprint density at radius 3 is 2.04 bits per heavy atom. The Labute approximate surface area is 164 Å². The lowest BCUT2D eigenvalue weighted by Crippen LogP contribution is -2.63. The van der Waals surface area contributed by atoms with E-state index in [0.717, 1.165) is 26.1 Å². The summed E-state index contributed by atoms with van der Waals surface area (Å²) in [7, 11) is 0.733. The molecule has 0 radical (unpaired) electrons. The summed E-state index contributed by atoms with van der Waals surface area (Å²) in [5.41, 5.74) is 0. The van der Waals surface area contributed by atoms with Crippen LogP contribution in [0.25, 0.3) is 0 Å². The van der Waals surface area contributed by atoms with Crippen molar-refractivity contribution >= 4 is 17.9 Å². The van der Waals surface area contributed by atoms with Gasteiger partial charge in [-0.3, -0.25) is 4.90 Å². The summed E-state index contributed by atoms with van der Waals surface area (Å²) in [6, 6.07) is 0.701. The zero-order chi connectivity index (χ0) is 19.9.